The Morgan fingerprint density at radius 2 is 2.11 bits per heavy atom. The molecule has 1 atom stereocenters. The van der Waals surface area contributed by atoms with Gasteiger partial charge in [0.25, 0.3) is 0 Å². The standard InChI is InChI=1S/C15H24BrNS/c1-3-10-17-12-13(7-6-11-18-2)14-8-4-5-9-15(14)16/h4-5,8-9,13,17H,3,6-7,10-12H2,1-2H3. The first-order chi connectivity index (χ1) is 8.79. The first-order valence-electron chi connectivity index (χ1n) is 6.73. The average molecular weight is 330 g/mol. The molecule has 0 spiro atoms. The molecule has 0 saturated heterocycles. The monoisotopic (exact) mass is 329 g/mol. The second-order valence-electron chi connectivity index (χ2n) is 4.56. The Kier molecular flexibility index (Phi) is 8.82. The molecular weight excluding hydrogens is 306 g/mol. The van der Waals surface area contributed by atoms with Crippen LogP contribution in [0.5, 0.6) is 0 Å². The summed E-state index contributed by atoms with van der Waals surface area (Å²) in [6, 6.07) is 8.63. The smallest absolute Gasteiger partial charge is 0.0210 e. The maximum atomic E-state index is 3.68. The zero-order valence-electron chi connectivity index (χ0n) is 11.4. The molecular formula is C15H24BrNS. The predicted octanol–water partition coefficient (Wildman–Crippen LogP) is 4.68. The lowest BCUT2D eigenvalue weighted by molar-refractivity contribution is 0.543. The van der Waals surface area contributed by atoms with Crippen LogP contribution in [-0.2, 0) is 0 Å². The average Bonchev–Trinajstić information content (AvgIpc) is 2.38. The highest BCUT2D eigenvalue weighted by atomic mass is 79.9. The molecule has 0 fully saturated rings. The largest absolute Gasteiger partial charge is 0.316 e. The van der Waals surface area contributed by atoms with E-state index in [1.54, 1.807) is 0 Å². The van der Waals surface area contributed by atoms with Crippen molar-refractivity contribution >= 4 is 27.7 Å². The van der Waals surface area contributed by atoms with Crippen molar-refractivity contribution in [3.05, 3.63) is 34.3 Å². The minimum absolute atomic E-state index is 0.624. The molecule has 0 aliphatic heterocycles. The molecule has 0 bridgehead atoms. The van der Waals surface area contributed by atoms with E-state index in [4.69, 9.17) is 0 Å². The molecule has 0 amide bonds. The number of hydrogen-bond donors (Lipinski definition) is 1. The SMILES string of the molecule is CCCNCC(CCCSC)c1ccccc1Br. The number of rotatable bonds is 9. The topological polar surface area (TPSA) is 12.0 Å². The maximum Gasteiger partial charge on any atom is 0.0210 e. The molecule has 0 heterocycles. The molecule has 3 heteroatoms. The minimum atomic E-state index is 0.624. The first-order valence-corrected chi connectivity index (χ1v) is 8.92. The van der Waals surface area contributed by atoms with Crippen LogP contribution in [0.2, 0.25) is 0 Å². The van der Waals surface area contributed by atoms with E-state index in [1.807, 2.05) is 11.8 Å². The number of benzene rings is 1. The third-order valence-electron chi connectivity index (χ3n) is 3.06. The van der Waals surface area contributed by atoms with Crippen molar-refractivity contribution in [1.29, 1.82) is 0 Å². The fraction of sp³-hybridized carbons (Fsp3) is 0.600. The number of halogens is 1. The van der Waals surface area contributed by atoms with Gasteiger partial charge in [0.1, 0.15) is 0 Å². The van der Waals surface area contributed by atoms with Gasteiger partial charge in [0.15, 0.2) is 0 Å². The van der Waals surface area contributed by atoms with E-state index in [0.29, 0.717) is 5.92 Å². The van der Waals surface area contributed by atoms with Crippen LogP contribution in [0.3, 0.4) is 0 Å². The Morgan fingerprint density at radius 1 is 1.33 bits per heavy atom. The van der Waals surface area contributed by atoms with E-state index in [1.165, 1.54) is 35.1 Å². The molecule has 0 aliphatic carbocycles. The van der Waals surface area contributed by atoms with Crippen molar-refractivity contribution < 1.29 is 0 Å². The summed E-state index contributed by atoms with van der Waals surface area (Å²) in [5.41, 5.74) is 1.45. The van der Waals surface area contributed by atoms with Crippen LogP contribution in [0.25, 0.3) is 0 Å². The lowest BCUT2D eigenvalue weighted by Crippen LogP contribution is -2.22. The van der Waals surface area contributed by atoms with Gasteiger partial charge in [-0.1, -0.05) is 41.1 Å². The molecule has 1 rings (SSSR count). The molecule has 1 N–H and O–H groups in total. The van der Waals surface area contributed by atoms with E-state index in [0.717, 1.165) is 13.1 Å². The van der Waals surface area contributed by atoms with Crippen LogP contribution in [0.15, 0.2) is 28.7 Å². The molecule has 0 saturated carbocycles. The fourth-order valence-corrected chi connectivity index (χ4v) is 3.16. The van der Waals surface area contributed by atoms with Crippen LogP contribution >= 0.6 is 27.7 Å². The van der Waals surface area contributed by atoms with Gasteiger partial charge in [0, 0.05) is 11.0 Å². The van der Waals surface area contributed by atoms with Crippen molar-refractivity contribution in [2.75, 3.05) is 25.1 Å². The van der Waals surface area contributed by atoms with E-state index in [9.17, 15) is 0 Å². The highest BCUT2D eigenvalue weighted by molar-refractivity contribution is 9.10. The summed E-state index contributed by atoms with van der Waals surface area (Å²) in [6.07, 6.45) is 5.94. The van der Waals surface area contributed by atoms with Gasteiger partial charge < -0.3 is 5.32 Å². The molecule has 0 radical (unpaired) electrons. The Balaban J connectivity index is 2.60. The molecule has 0 aliphatic rings. The normalized spacial score (nSPS) is 12.6. The van der Waals surface area contributed by atoms with E-state index in [-0.39, 0.29) is 0 Å². The molecule has 102 valence electrons. The summed E-state index contributed by atoms with van der Waals surface area (Å²) in [4.78, 5) is 0. The summed E-state index contributed by atoms with van der Waals surface area (Å²) in [5.74, 6) is 1.88. The van der Waals surface area contributed by atoms with Crippen LogP contribution in [0.4, 0.5) is 0 Å². The molecule has 1 unspecified atom stereocenters. The highest BCUT2D eigenvalue weighted by Crippen LogP contribution is 2.28. The third-order valence-corrected chi connectivity index (χ3v) is 4.48. The third kappa shape index (κ3) is 5.77. The zero-order valence-corrected chi connectivity index (χ0v) is 13.8. The summed E-state index contributed by atoms with van der Waals surface area (Å²) in [7, 11) is 0. The molecule has 18 heavy (non-hydrogen) atoms. The Labute approximate surface area is 124 Å². The summed E-state index contributed by atoms with van der Waals surface area (Å²) in [5, 5.41) is 3.56. The van der Waals surface area contributed by atoms with Crippen LogP contribution < -0.4 is 5.32 Å². The van der Waals surface area contributed by atoms with E-state index >= 15 is 0 Å². The van der Waals surface area contributed by atoms with Crippen LogP contribution in [0.1, 0.15) is 37.7 Å². The zero-order chi connectivity index (χ0) is 13.2. The Hall–Kier alpha value is 0.01000. The Morgan fingerprint density at radius 3 is 2.78 bits per heavy atom. The lowest BCUT2D eigenvalue weighted by Gasteiger charge is -2.19. The quantitative estimate of drug-likeness (QED) is 0.660. The van der Waals surface area contributed by atoms with Gasteiger partial charge in [-0.05, 0) is 55.4 Å². The van der Waals surface area contributed by atoms with Gasteiger partial charge in [-0.25, -0.2) is 0 Å². The van der Waals surface area contributed by atoms with Gasteiger partial charge in [-0.2, -0.15) is 11.8 Å². The number of nitrogens with one attached hydrogen (secondary N) is 1. The van der Waals surface area contributed by atoms with Gasteiger partial charge in [0.2, 0.25) is 0 Å². The first kappa shape index (κ1) is 16.1. The van der Waals surface area contributed by atoms with Crippen molar-refractivity contribution in [3.8, 4) is 0 Å². The second-order valence-corrected chi connectivity index (χ2v) is 6.40. The Bertz CT molecular complexity index is 320. The predicted molar refractivity (Wildman–Crippen MR) is 87.7 cm³/mol. The molecule has 1 aromatic rings. The van der Waals surface area contributed by atoms with Gasteiger partial charge in [-0.15, -0.1) is 0 Å². The summed E-state index contributed by atoms with van der Waals surface area (Å²) >= 11 is 5.62. The molecule has 0 aromatic heterocycles. The summed E-state index contributed by atoms with van der Waals surface area (Å²) in [6.45, 7) is 4.42. The van der Waals surface area contributed by atoms with Crippen molar-refractivity contribution in [2.24, 2.45) is 0 Å². The van der Waals surface area contributed by atoms with Gasteiger partial charge >= 0.3 is 0 Å². The second kappa shape index (κ2) is 9.88. The minimum Gasteiger partial charge on any atom is -0.316 e. The van der Waals surface area contributed by atoms with E-state index in [2.05, 4.69) is 58.7 Å². The number of thioether (sulfide) groups is 1. The molecule has 1 aromatic carbocycles. The van der Waals surface area contributed by atoms with Crippen molar-refractivity contribution in [3.63, 3.8) is 0 Å². The van der Waals surface area contributed by atoms with E-state index < -0.39 is 0 Å². The number of hydrogen-bond acceptors (Lipinski definition) is 2. The van der Waals surface area contributed by atoms with Crippen LogP contribution in [0, 0.1) is 0 Å². The highest BCUT2D eigenvalue weighted by Gasteiger charge is 2.13. The van der Waals surface area contributed by atoms with Gasteiger partial charge in [-0.3, -0.25) is 0 Å². The van der Waals surface area contributed by atoms with Crippen LogP contribution in [-0.4, -0.2) is 25.1 Å². The maximum absolute atomic E-state index is 3.68. The lowest BCUT2D eigenvalue weighted by atomic mass is 9.94. The molecule has 1 nitrogen and oxygen atoms in total. The summed E-state index contributed by atoms with van der Waals surface area (Å²) < 4.78 is 1.25. The van der Waals surface area contributed by atoms with Gasteiger partial charge in [0.05, 0.1) is 0 Å². The van der Waals surface area contributed by atoms with Crippen molar-refractivity contribution in [1.82, 2.24) is 5.32 Å². The van der Waals surface area contributed by atoms with Crippen molar-refractivity contribution in [2.45, 2.75) is 32.1 Å². The fourth-order valence-electron chi connectivity index (χ4n) is 2.10.